The number of nitrogen functional groups attached to an aromatic ring is 1. The number of hydrogen-bond donors (Lipinski definition) is 2. The van der Waals surface area contributed by atoms with Gasteiger partial charge >= 0.3 is 0 Å². The summed E-state index contributed by atoms with van der Waals surface area (Å²) in [5, 5.41) is 7.19. The quantitative estimate of drug-likeness (QED) is 0.664. The van der Waals surface area contributed by atoms with Gasteiger partial charge in [0.25, 0.3) is 0 Å². The van der Waals surface area contributed by atoms with Crippen LogP contribution in [0.15, 0.2) is 30.3 Å². The lowest BCUT2D eigenvalue weighted by Gasteiger charge is -2.12. The molecule has 2 aromatic rings. The zero-order valence-electron chi connectivity index (χ0n) is 11.1. The molecule has 0 amide bonds. The van der Waals surface area contributed by atoms with E-state index in [0.29, 0.717) is 5.75 Å². The van der Waals surface area contributed by atoms with Gasteiger partial charge < -0.3 is 10.5 Å². The predicted octanol–water partition coefficient (Wildman–Crippen LogP) is 3.66. The maximum atomic E-state index is 13.9. The minimum absolute atomic E-state index is 0.0201. The normalized spacial score (nSPS) is 10.4. The molecule has 0 aromatic heterocycles. The molecule has 0 saturated heterocycles. The number of hydrogen-bond acceptors (Lipinski definition) is 2. The van der Waals surface area contributed by atoms with Crippen LogP contribution in [0.1, 0.15) is 16.7 Å². The molecule has 104 valence electrons. The molecule has 3 nitrogen and oxygen atoms in total. The molecule has 20 heavy (non-hydrogen) atoms. The molecule has 0 heterocycles. The van der Waals surface area contributed by atoms with Crippen molar-refractivity contribution in [1.82, 2.24) is 0 Å². The van der Waals surface area contributed by atoms with E-state index in [-0.39, 0.29) is 5.56 Å². The zero-order chi connectivity index (χ0) is 14.9. The molecule has 0 bridgehead atoms. The number of nitrogens with one attached hydrogen (secondary N) is 1. The SMILES string of the molecule is Cc1ccc(C)c(Oc2c(F)cc(C(=N)N)cc2F)c1. The van der Waals surface area contributed by atoms with Gasteiger partial charge in [0.1, 0.15) is 11.6 Å². The van der Waals surface area contributed by atoms with E-state index < -0.39 is 23.2 Å². The van der Waals surface area contributed by atoms with Crippen LogP contribution in [-0.4, -0.2) is 5.84 Å². The minimum atomic E-state index is -0.892. The van der Waals surface area contributed by atoms with E-state index in [9.17, 15) is 8.78 Å². The van der Waals surface area contributed by atoms with Crippen molar-refractivity contribution in [2.24, 2.45) is 5.73 Å². The fourth-order valence-corrected chi connectivity index (χ4v) is 1.74. The molecule has 0 aliphatic heterocycles. The summed E-state index contributed by atoms with van der Waals surface area (Å²) >= 11 is 0. The average molecular weight is 276 g/mol. The van der Waals surface area contributed by atoms with Gasteiger partial charge in [-0.05, 0) is 43.2 Å². The van der Waals surface area contributed by atoms with E-state index in [0.717, 1.165) is 23.3 Å². The fourth-order valence-electron chi connectivity index (χ4n) is 1.74. The van der Waals surface area contributed by atoms with E-state index in [1.807, 2.05) is 19.1 Å². The van der Waals surface area contributed by atoms with Crippen molar-refractivity contribution in [1.29, 1.82) is 5.41 Å². The molecule has 5 heteroatoms. The summed E-state index contributed by atoms with van der Waals surface area (Å²) in [7, 11) is 0. The van der Waals surface area contributed by atoms with Gasteiger partial charge in [-0.15, -0.1) is 0 Å². The third kappa shape index (κ3) is 2.77. The molecule has 0 radical (unpaired) electrons. The Hall–Kier alpha value is -2.43. The van der Waals surface area contributed by atoms with E-state index in [4.69, 9.17) is 15.9 Å². The molecular weight excluding hydrogens is 262 g/mol. The second-order valence-corrected chi connectivity index (χ2v) is 4.55. The lowest BCUT2D eigenvalue weighted by molar-refractivity contribution is 0.405. The molecule has 0 spiro atoms. The maximum absolute atomic E-state index is 13.9. The third-order valence-corrected chi connectivity index (χ3v) is 2.86. The molecule has 2 rings (SSSR count). The number of aryl methyl sites for hydroxylation is 2. The van der Waals surface area contributed by atoms with Crippen molar-refractivity contribution in [3.8, 4) is 11.5 Å². The van der Waals surface area contributed by atoms with Crippen molar-refractivity contribution >= 4 is 5.84 Å². The largest absolute Gasteiger partial charge is 0.451 e. The highest BCUT2D eigenvalue weighted by atomic mass is 19.1. The predicted molar refractivity (Wildman–Crippen MR) is 73.4 cm³/mol. The van der Waals surface area contributed by atoms with Gasteiger partial charge in [0.2, 0.25) is 0 Å². The first kappa shape index (κ1) is 14.0. The van der Waals surface area contributed by atoms with Crippen LogP contribution in [-0.2, 0) is 0 Å². The second-order valence-electron chi connectivity index (χ2n) is 4.55. The van der Waals surface area contributed by atoms with Crippen LogP contribution in [0.3, 0.4) is 0 Å². The summed E-state index contributed by atoms with van der Waals surface area (Å²) in [5.41, 5.74) is 6.88. The highest BCUT2D eigenvalue weighted by Gasteiger charge is 2.15. The third-order valence-electron chi connectivity index (χ3n) is 2.86. The summed E-state index contributed by atoms with van der Waals surface area (Å²) in [6, 6.07) is 7.35. The molecule has 0 saturated carbocycles. The monoisotopic (exact) mass is 276 g/mol. The van der Waals surface area contributed by atoms with Crippen LogP contribution in [0.25, 0.3) is 0 Å². The number of halogens is 2. The first-order chi connectivity index (χ1) is 9.38. The topological polar surface area (TPSA) is 59.1 Å². The summed E-state index contributed by atoms with van der Waals surface area (Å²) in [6.07, 6.45) is 0. The number of nitrogens with two attached hydrogens (primary N) is 1. The van der Waals surface area contributed by atoms with Crippen LogP contribution < -0.4 is 10.5 Å². The fraction of sp³-hybridized carbons (Fsp3) is 0.133. The van der Waals surface area contributed by atoms with Gasteiger partial charge in [-0.2, -0.15) is 0 Å². The van der Waals surface area contributed by atoms with Crippen LogP contribution in [0.4, 0.5) is 8.78 Å². The van der Waals surface area contributed by atoms with Crippen molar-refractivity contribution in [3.63, 3.8) is 0 Å². The van der Waals surface area contributed by atoms with Crippen molar-refractivity contribution < 1.29 is 13.5 Å². The van der Waals surface area contributed by atoms with Crippen molar-refractivity contribution in [3.05, 3.63) is 58.7 Å². The van der Waals surface area contributed by atoms with Gasteiger partial charge in [0.15, 0.2) is 17.4 Å². The summed E-state index contributed by atoms with van der Waals surface area (Å²) in [4.78, 5) is 0. The average Bonchev–Trinajstić information content (AvgIpc) is 2.37. The summed E-state index contributed by atoms with van der Waals surface area (Å²) < 4.78 is 33.1. The molecule has 0 unspecified atom stereocenters. The van der Waals surface area contributed by atoms with Crippen LogP contribution in [0.5, 0.6) is 11.5 Å². The van der Waals surface area contributed by atoms with Gasteiger partial charge in [-0.1, -0.05) is 12.1 Å². The molecule has 0 atom stereocenters. The smallest absolute Gasteiger partial charge is 0.198 e. The van der Waals surface area contributed by atoms with E-state index in [1.165, 1.54) is 0 Å². The van der Waals surface area contributed by atoms with Crippen LogP contribution in [0.2, 0.25) is 0 Å². The number of rotatable bonds is 3. The van der Waals surface area contributed by atoms with E-state index >= 15 is 0 Å². The molecule has 0 aliphatic rings. The highest BCUT2D eigenvalue weighted by molar-refractivity contribution is 5.95. The Morgan fingerprint density at radius 2 is 1.70 bits per heavy atom. The van der Waals surface area contributed by atoms with Crippen molar-refractivity contribution in [2.75, 3.05) is 0 Å². The van der Waals surface area contributed by atoms with Crippen LogP contribution >= 0.6 is 0 Å². The number of ether oxygens (including phenoxy) is 1. The Kier molecular flexibility index (Phi) is 3.70. The standard InChI is InChI=1S/C15H14F2N2O/c1-8-3-4-9(2)13(5-8)20-14-11(16)6-10(15(18)19)7-12(14)17/h3-7H,1-2H3,(H3,18,19). The Balaban J connectivity index is 2.44. The Labute approximate surface area is 115 Å². The Bertz CT molecular complexity index is 661. The van der Waals surface area contributed by atoms with Gasteiger partial charge in [0.05, 0.1) is 0 Å². The van der Waals surface area contributed by atoms with Gasteiger partial charge in [-0.25, -0.2) is 8.78 Å². The first-order valence-electron chi connectivity index (χ1n) is 5.97. The zero-order valence-corrected chi connectivity index (χ0v) is 11.1. The lowest BCUT2D eigenvalue weighted by atomic mass is 10.1. The number of amidine groups is 1. The maximum Gasteiger partial charge on any atom is 0.198 e. The molecule has 3 N–H and O–H groups in total. The van der Waals surface area contributed by atoms with Crippen LogP contribution in [0, 0.1) is 30.9 Å². The Morgan fingerprint density at radius 3 is 2.25 bits per heavy atom. The summed E-state index contributed by atoms with van der Waals surface area (Å²) in [6.45, 7) is 3.65. The van der Waals surface area contributed by atoms with Gasteiger partial charge in [0, 0.05) is 5.56 Å². The van der Waals surface area contributed by atoms with Gasteiger partial charge in [-0.3, -0.25) is 5.41 Å². The molecular formula is C15H14F2N2O. The second kappa shape index (κ2) is 5.28. The minimum Gasteiger partial charge on any atom is -0.451 e. The summed E-state index contributed by atoms with van der Waals surface area (Å²) in [5.74, 6) is -2.30. The first-order valence-corrected chi connectivity index (χ1v) is 5.97. The van der Waals surface area contributed by atoms with E-state index in [1.54, 1.807) is 13.0 Å². The molecule has 0 aliphatic carbocycles. The Morgan fingerprint density at radius 1 is 1.10 bits per heavy atom. The van der Waals surface area contributed by atoms with Crippen molar-refractivity contribution in [2.45, 2.75) is 13.8 Å². The highest BCUT2D eigenvalue weighted by Crippen LogP contribution is 2.31. The molecule has 0 fully saturated rings. The van der Waals surface area contributed by atoms with E-state index in [2.05, 4.69) is 0 Å². The molecule has 2 aromatic carbocycles. The number of benzene rings is 2. The lowest BCUT2D eigenvalue weighted by Crippen LogP contribution is -2.12.